The summed E-state index contributed by atoms with van der Waals surface area (Å²) >= 11 is 0. The molecule has 0 atom stereocenters. The highest BCUT2D eigenvalue weighted by Gasteiger charge is 2.23. The van der Waals surface area contributed by atoms with Crippen LogP contribution in [0.15, 0.2) is 0 Å². The summed E-state index contributed by atoms with van der Waals surface area (Å²) in [6.07, 6.45) is 1.13. The van der Waals surface area contributed by atoms with Gasteiger partial charge in [0.2, 0.25) is 0 Å². The molecule has 0 saturated heterocycles. The molecular formula is C16H38O. The van der Waals surface area contributed by atoms with E-state index in [1.54, 1.807) is 0 Å². The van der Waals surface area contributed by atoms with E-state index in [0.29, 0.717) is 11.3 Å². The molecule has 0 aliphatic rings. The Bertz CT molecular complexity index is 140. The van der Waals surface area contributed by atoms with Crippen molar-refractivity contribution in [3.8, 4) is 0 Å². The molecule has 0 rings (SSSR count). The average Bonchev–Trinajstić information content (AvgIpc) is 2.21. The molecule has 0 aromatic heterocycles. The van der Waals surface area contributed by atoms with Gasteiger partial charge >= 0.3 is 0 Å². The Labute approximate surface area is 111 Å². The quantitative estimate of drug-likeness (QED) is 0.597. The fourth-order valence-corrected chi connectivity index (χ4v) is 0.787. The van der Waals surface area contributed by atoms with Crippen molar-refractivity contribution in [2.24, 2.45) is 11.3 Å². The lowest BCUT2D eigenvalue weighted by Crippen LogP contribution is -2.32. The first-order valence-electron chi connectivity index (χ1n) is 7.29. The van der Waals surface area contributed by atoms with E-state index < -0.39 is 0 Å². The Morgan fingerprint density at radius 1 is 0.824 bits per heavy atom. The summed E-state index contributed by atoms with van der Waals surface area (Å²) in [7, 11) is 0. The molecule has 17 heavy (non-hydrogen) atoms. The summed E-state index contributed by atoms with van der Waals surface area (Å²) in [6, 6.07) is 0. The van der Waals surface area contributed by atoms with Gasteiger partial charge in [0, 0.05) is 6.61 Å². The van der Waals surface area contributed by atoms with Crippen LogP contribution < -0.4 is 0 Å². The van der Waals surface area contributed by atoms with Crippen LogP contribution in [0.25, 0.3) is 0 Å². The van der Waals surface area contributed by atoms with Gasteiger partial charge in [-0.2, -0.15) is 0 Å². The molecule has 1 nitrogen and oxygen atoms in total. The van der Waals surface area contributed by atoms with Crippen LogP contribution in [0.4, 0.5) is 0 Å². The van der Waals surface area contributed by atoms with Gasteiger partial charge in [0.15, 0.2) is 0 Å². The summed E-state index contributed by atoms with van der Waals surface area (Å²) < 4.78 is 5.87. The molecule has 0 fully saturated rings. The molecule has 0 aliphatic heterocycles. The maximum Gasteiger partial charge on any atom is 0.0649 e. The lowest BCUT2D eigenvalue weighted by Gasteiger charge is -2.31. The van der Waals surface area contributed by atoms with E-state index in [1.165, 1.54) is 0 Å². The minimum absolute atomic E-state index is 0.0191. The molecule has 0 amide bonds. The Hall–Kier alpha value is -0.0400. The monoisotopic (exact) mass is 246 g/mol. The van der Waals surface area contributed by atoms with Gasteiger partial charge < -0.3 is 4.74 Å². The van der Waals surface area contributed by atoms with Crippen LogP contribution in [0.3, 0.4) is 0 Å². The van der Waals surface area contributed by atoms with Gasteiger partial charge in [-0.25, -0.2) is 0 Å². The SMILES string of the molecule is CC.CC.CC(C)C(C)(C)OCCC(C)(C)C. The number of ether oxygens (including phenoxy) is 1. The first-order chi connectivity index (χ1) is 7.65. The van der Waals surface area contributed by atoms with E-state index in [4.69, 9.17) is 4.74 Å². The van der Waals surface area contributed by atoms with Crippen molar-refractivity contribution < 1.29 is 4.74 Å². The zero-order valence-corrected chi connectivity index (χ0v) is 14.4. The fraction of sp³-hybridized carbons (Fsp3) is 1.00. The van der Waals surface area contributed by atoms with Crippen molar-refractivity contribution in [2.45, 2.75) is 88.2 Å². The summed E-state index contributed by atoms with van der Waals surface area (Å²) in [5, 5.41) is 0. The van der Waals surface area contributed by atoms with E-state index in [2.05, 4.69) is 48.5 Å². The van der Waals surface area contributed by atoms with Crippen LogP contribution in [0, 0.1) is 11.3 Å². The maximum atomic E-state index is 5.87. The van der Waals surface area contributed by atoms with Crippen molar-refractivity contribution in [1.82, 2.24) is 0 Å². The van der Waals surface area contributed by atoms with E-state index in [0.717, 1.165) is 13.0 Å². The number of hydrogen-bond donors (Lipinski definition) is 0. The molecule has 108 valence electrons. The first kappa shape index (κ1) is 22.2. The summed E-state index contributed by atoms with van der Waals surface area (Å²) in [6.45, 7) is 24.4. The second-order valence-electron chi connectivity index (χ2n) is 5.92. The Morgan fingerprint density at radius 3 is 1.41 bits per heavy atom. The van der Waals surface area contributed by atoms with Gasteiger partial charge in [-0.15, -0.1) is 0 Å². The third kappa shape index (κ3) is 16.0. The molecule has 0 N–H and O–H groups in total. The van der Waals surface area contributed by atoms with Crippen LogP contribution >= 0.6 is 0 Å². The highest BCUT2D eigenvalue weighted by atomic mass is 16.5. The lowest BCUT2D eigenvalue weighted by atomic mass is 9.92. The topological polar surface area (TPSA) is 9.23 Å². The summed E-state index contributed by atoms with van der Waals surface area (Å²) in [5.41, 5.74) is 0.401. The van der Waals surface area contributed by atoms with Gasteiger partial charge in [-0.05, 0) is 31.6 Å². The highest BCUT2D eigenvalue weighted by molar-refractivity contribution is 4.73. The van der Waals surface area contributed by atoms with Crippen molar-refractivity contribution in [3.63, 3.8) is 0 Å². The van der Waals surface area contributed by atoms with Gasteiger partial charge in [-0.1, -0.05) is 62.3 Å². The average molecular weight is 246 g/mol. The molecule has 0 bridgehead atoms. The minimum atomic E-state index is 0.0191. The van der Waals surface area contributed by atoms with Crippen molar-refractivity contribution in [2.75, 3.05) is 6.61 Å². The second-order valence-corrected chi connectivity index (χ2v) is 5.92. The summed E-state index contributed by atoms with van der Waals surface area (Å²) in [5.74, 6) is 0.576. The molecule has 0 heterocycles. The molecule has 0 aromatic rings. The fourth-order valence-electron chi connectivity index (χ4n) is 0.787. The number of hydrogen-bond acceptors (Lipinski definition) is 1. The first-order valence-corrected chi connectivity index (χ1v) is 7.29. The van der Waals surface area contributed by atoms with E-state index in [9.17, 15) is 0 Å². The van der Waals surface area contributed by atoms with Crippen LogP contribution in [-0.4, -0.2) is 12.2 Å². The highest BCUT2D eigenvalue weighted by Crippen LogP contribution is 2.24. The smallest absolute Gasteiger partial charge is 0.0649 e. The third-order valence-corrected chi connectivity index (χ3v) is 2.72. The third-order valence-electron chi connectivity index (χ3n) is 2.72. The molecule has 0 radical (unpaired) electrons. The molecule has 0 spiro atoms. The van der Waals surface area contributed by atoms with E-state index in [-0.39, 0.29) is 5.60 Å². The predicted molar refractivity (Wildman–Crippen MR) is 81.6 cm³/mol. The van der Waals surface area contributed by atoms with Gasteiger partial charge in [0.05, 0.1) is 5.60 Å². The van der Waals surface area contributed by atoms with E-state index >= 15 is 0 Å². The molecular weight excluding hydrogens is 208 g/mol. The Balaban J connectivity index is -0.000000439. The van der Waals surface area contributed by atoms with Gasteiger partial charge in [0.1, 0.15) is 0 Å². The van der Waals surface area contributed by atoms with Crippen LogP contribution in [-0.2, 0) is 4.74 Å². The van der Waals surface area contributed by atoms with Crippen LogP contribution in [0.2, 0.25) is 0 Å². The predicted octanol–water partition coefficient (Wildman–Crippen LogP) is 5.93. The maximum absolute atomic E-state index is 5.87. The second kappa shape index (κ2) is 11.1. The number of rotatable bonds is 4. The normalized spacial score (nSPS) is 11.3. The molecule has 0 saturated carbocycles. The molecule has 0 aliphatic carbocycles. The van der Waals surface area contributed by atoms with E-state index in [1.807, 2.05) is 27.7 Å². The molecule has 0 aromatic carbocycles. The standard InChI is InChI=1S/C12H26O.2C2H6/c1-10(2)12(6,7)13-9-8-11(3,4)5;2*1-2/h10H,8-9H2,1-7H3;2*1-2H3. The zero-order valence-electron chi connectivity index (χ0n) is 14.4. The largest absolute Gasteiger partial charge is 0.375 e. The Kier molecular flexibility index (Phi) is 14.4. The lowest BCUT2D eigenvalue weighted by molar-refractivity contribution is -0.0580. The van der Waals surface area contributed by atoms with Crippen molar-refractivity contribution >= 4 is 0 Å². The van der Waals surface area contributed by atoms with Gasteiger partial charge in [-0.3, -0.25) is 0 Å². The summed E-state index contributed by atoms with van der Waals surface area (Å²) in [4.78, 5) is 0. The van der Waals surface area contributed by atoms with Crippen molar-refractivity contribution in [1.29, 1.82) is 0 Å². The van der Waals surface area contributed by atoms with Crippen LogP contribution in [0.1, 0.15) is 82.6 Å². The molecule has 0 unspecified atom stereocenters. The zero-order chi connectivity index (χ0) is 14.7. The van der Waals surface area contributed by atoms with Gasteiger partial charge in [0.25, 0.3) is 0 Å². The van der Waals surface area contributed by atoms with Crippen LogP contribution in [0.5, 0.6) is 0 Å². The Morgan fingerprint density at radius 2 is 1.18 bits per heavy atom. The minimum Gasteiger partial charge on any atom is -0.375 e. The van der Waals surface area contributed by atoms with Crippen molar-refractivity contribution in [3.05, 3.63) is 0 Å². The molecule has 1 heteroatoms.